The summed E-state index contributed by atoms with van der Waals surface area (Å²) in [5.74, 6) is 2.65. The van der Waals surface area contributed by atoms with Gasteiger partial charge in [-0.05, 0) is 146 Å². The summed E-state index contributed by atoms with van der Waals surface area (Å²) in [6, 6.07) is 0. The molecule has 0 bridgehead atoms. The monoisotopic (exact) mass is 739 g/mol. The van der Waals surface area contributed by atoms with Crippen LogP contribution in [0.4, 0.5) is 0 Å². The van der Waals surface area contributed by atoms with Crippen molar-refractivity contribution >= 4 is 20.3 Å². The van der Waals surface area contributed by atoms with Crippen molar-refractivity contribution in [1.82, 2.24) is 0 Å². The summed E-state index contributed by atoms with van der Waals surface area (Å²) < 4.78 is 18.8. The number of hydrogen-bond acceptors (Lipinski definition) is 5. The van der Waals surface area contributed by atoms with Crippen LogP contribution in [-0.2, 0) is 23.5 Å². The Morgan fingerprint density at radius 3 is 2.08 bits per heavy atom. The smallest absolute Gasteiger partial charge is 0.306 e. The summed E-state index contributed by atoms with van der Waals surface area (Å²) in [6.07, 6.45) is 14.1. The van der Waals surface area contributed by atoms with Crippen LogP contribution in [0.15, 0.2) is 24.8 Å². The Bertz CT molecular complexity index is 1390. The average molecular weight is 739 g/mol. The molecule has 6 heteroatoms. The fourth-order valence-corrected chi connectivity index (χ4v) is 14.6. The van der Waals surface area contributed by atoms with E-state index in [0.29, 0.717) is 35.0 Å². The van der Waals surface area contributed by atoms with E-state index in [4.69, 9.17) is 13.9 Å². The third kappa shape index (κ3) is 6.98. The number of hydrogen-bond donors (Lipinski definition) is 0. The van der Waals surface area contributed by atoms with E-state index in [9.17, 15) is 9.59 Å². The number of carbonyl (C=O) groups is 2. The van der Waals surface area contributed by atoms with E-state index in [0.717, 1.165) is 19.4 Å². The van der Waals surface area contributed by atoms with Gasteiger partial charge < -0.3 is 13.9 Å². The standard InChI is InChI=1S/C46H78O5Si/c1-16-27-49-37(47)28-41(7,8)29-38(48)51-36-21-22-43(11)34(42(36,9)10)20-23-45(13)35(43)18-17-33-39-32(31(2)3)19-24-46(39,26-25-44(33,45)12)30-50-52(14,15)40(4,5)6/h16,32-36,39H,1-2,17-30H2,3-15H3/t32?,33-,34?,35?,36+,39?,43+,44-,45-,46-/m1/s1. The Morgan fingerprint density at radius 1 is 0.808 bits per heavy atom. The van der Waals surface area contributed by atoms with E-state index in [1.807, 2.05) is 13.8 Å². The fourth-order valence-electron chi connectivity index (χ4n) is 13.5. The van der Waals surface area contributed by atoms with Gasteiger partial charge in [-0.2, -0.15) is 0 Å². The molecule has 0 amide bonds. The molecule has 10 atom stereocenters. The first kappa shape index (κ1) is 41.8. The summed E-state index contributed by atoms with van der Waals surface area (Å²) >= 11 is 0. The number of ether oxygens (including phenoxy) is 2. The Kier molecular flexibility index (Phi) is 11.2. The van der Waals surface area contributed by atoms with Gasteiger partial charge in [0.2, 0.25) is 0 Å². The molecule has 0 aromatic heterocycles. The highest BCUT2D eigenvalue weighted by Crippen LogP contribution is 2.77. The van der Waals surface area contributed by atoms with Crippen LogP contribution in [0.3, 0.4) is 0 Å². The maximum atomic E-state index is 13.5. The van der Waals surface area contributed by atoms with Gasteiger partial charge in [-0.3, -0.25) is 9.59 Å². The van der Waals surface area contributed by atoms with E-state index in [1.165, 1.54) is 56.9 Å². The van der Waals surface area contributed by atoms with Gasteiger partial charge >= 0.3 is 11.9 Å². The predicted octanol–water partition coefficient (Wildman–Crippen LogP) is 12.1. The van der Waals surface area contributed by atoms with Gasteiger partial charge in [0.1, 0.15) is 12.7 Å². The minimum absolute atomic E-state index is 0.108. The molecular weight excluding hydrogens is 661 g/mol. The quantitative estimate of drug-likeness (QED) is 0.120. The largest absolute Gasteiger partial charge is 0.462 e. The van der Waals surface area contributed by atoms with E-state index in [-0.39, 0.29) is 64.2 Å². The lowest BCUT2D eigenvalue weighted by Gasteiger charge is -2.73. The number of fused-ring (bicyclic) bond motifs is 7. The van der Waals surface area contributed by atoms with Gasteiger partial charge in [-0.25, -0.2) is 0 Å². The topological polar surface area (TPSA) is 61.8 Å². The maximum absolute atomic E-state index is 13.5. The number of esters is 2. The minimum Gasteiger partial charge on any atom is -0.462 e. The zero-order valence-electron chi connectivity index (χ0n) is 35.9. The maximum Gasteiger partial charge on any atom is 0.306 e. The first-order valence-corrected chi connectivity index (χ1v) is 24.0. The van der Waals surface area contributed by atoms with Crippen LogP contribution in [0.2, 0.25) is 18.1 Å². The van der Waals surface area contributed by atoms with Crippen LogP contribution in [0.25, 0.3) is 0 Å². The third-order valence-electron chi connectivity index (χ3n) is 17.6. The minimum atomic E-state index is -1.87. The van der Waals surface area contributed by atoms with Crippen LogP contribution in [0.5, 0.6) is 0 Å². The van der Waals surface area contributed by atoms with Crippen molar-refractivity contribution in [3.05, 3.63) is 24.8 Å². The summed E-state index contributed by atoms with van der Waals surface area (Å²) in [5.41, 5.74) is 1.81. The summed E-state index contributed by atoms with van der Waals surface area (Å²) in [4.78, 5) is 25.8. The molecule has 0 spiro atoms. The highest BCUT2D eigenvalue weighted by Gasteiger charge is 2.71. The molecule has 0 saturated heterocycles. The zero-order valence-corrected chi connectivity index (χ0v) is 36.9. The molecule has 5 saturated carbocycles. The second-order valence-electron chi connectivity index (χ2n) is 22.4. The third-order valence-corrected chi connectivity index (χ3v) is 22.1. The second kappa shape index (κ2) is 14.0. The molecule has 0 radical (unpaired) electrons. The van der Waals surface area contributed by atoms with Crippen LogP contribution in [0, 0.1) is 62.1 Å². The molecule has 5 aliphatic rings. The summed E-state index contributed by atoms with van der Waals surface area (Å²) in [6.45, 7) is 40.4. The molecule has 0 aromatic rings. The SMILES string of the molecule is C=CCOC(=O)CC(C)(C)CC(=O)O[C@H]1CC[C@@]2(C)C(CC[C@]3(C)C2CC[C@@H]2C4C(C(=C)C)CC[C@]4(CO[Si](C)(C)C(C)(C)C)CC[C@]23C)C1(C)C. The average Bonchev–Trinajstić information content (AvgIpc) is 3.40. The van der Waals surface area contributed by atoms with E-state index >= 15 is 0 Å². The molecule has 296 valence electrons. The van der Waals surface area contributed by atoms with Crippen LogP contribution in [-0.4, -0.2) is 39.6 Å². The summed E-state index contributed by atoms with van der Waals surface area (Å²) in [7, 11) is -1.87. The Hall–Kier alpha value is -1.40. The highest BCUT2D eigenvalue weighted by molar-refractivity contribution is 6.74. The van der Waals surface area contributed by atoms with E-state index in [1.54, 1.807) is 6.08 Å². The van der Waals surface area contributed by atoms with Crippen LogP contribution in [0.1, 0.15) is 153 Å². The van der Waals surface area contributed by atoms with Crippen LogP contribution < -0.4 is 0 Å². The lowest BCUT2D eigenvalue weighted by molar-refractivity contribution is -0.251. The van der Waals surface area contributed by atoms with E-state index in [2.05, 4.69) is 88.6 Å². The molecule has 4 unspecified atom stereocenters. The van der Waals surface area contributed by atoms with Crippen molar-refractivity contribution in [3.8, 4) is 0 Å². The van der Waals surface area contributed by atoms with Gasteiger partial charge in [-0.15, -0.1) is 0 Å². The molecule has 5 nitrogen and oxygen atoms in total. The molecule has 0 N–H and O–H groups in total. The Balaban J connectivity index is 1.35. The molecule has 5 aliphatic carbocycles. The molecule has 0 aromatic carbocycles. The number of allylic oxidation sites excluding steroid dienone is 1. The number of rotatable bonds is 11. The molecule has 52 heavy (non-hydrogen) atoms. The number of carbonyl (C=O) groups excluding carboxylic acids is 2. The predicted molar refractivity (Wildman–Crippen MR) is 216 cm³/mol. The van der Waals surface area contributed by atoms with Crippen molar-refractivity contribution in [2.75, 3.05) is 13.2 Å². The van der Waals surface area contributed by atoms with Gasteiger partial charge in [0.15, 0.2) is 8.32 Å². The Labute approximate surface area is 320 Å². The summed E-state index contributed by atoms with van der Waals surface area (Å²) in [5, 5.41) is 0.219. The molecule has 0 aliphatic heterocycles. The first-order chi connectivity index (χ1) is 23.8. The second-order valence-corrected chi connectivity index (χ2v) is 27.2. The lowest BCUT2D eigenvalue weighted by atomic mass is 9.32. The fraction of sp³-hybridized carbons (Fsp3) is 0.870. The van der Waals surface area contributed by atoms with Crippen LogP contribution >= 0.6 is 0 Å². The Morgan fingerprint density at radius 2 is 1.46 bits per heavy atom. The van der Waals surface area contributed by atoms with Crippen molar-refractivity contribution in [2.45, 2.75) is 177 Å². The zero-order chi connectivity index (χ0) is 38.9. The highest BCUT2D eigenvalue weighted by atomic mass is 28.4. The normalized spacial score (nSPS) is 40.0. The molecular formula is C46H78O5Si. The van der Waals surface area contributed by atoms with Crippen molar-refractivity contribution < 1.29 is 23.5 Å². The van der Waals surface area contributed by atoms with Gasteiger partial charge in [-0.1, -0.05) is 94.0 Å². The van der Waals surface area contributed by atoms with Crippen molar-refractivity contribution in [2.24, 2.45) is 62.1 Å². The van der Waals surface area contributed by atoms with Gasteiger partial charge in [0.05, 0.1) is 12.8 Å². The van der Waals surface area contributed by atoms with Gasteiger partial charge in [0.25, 0.3) is 0 Å². The molecule has 5 fully saturated rings. The van der Waals surface area contributed by atoms with Crippen molar-refractivity contribution in [1.29, 1.82) is 0 Å². The molecule has 5 rings (SSSR count). The molecule has 0 heterocycles. The first-order valence-electron chi connectivity index (χ1n) is 21.1. The lowest BCUT2D eigenvalue weighted by Crippen LogP contribution is -2.67. The van der Waals surface area contributed by atoms with Crippen molar-refractivity contribution in [3.63, 3.8) is 0 Å². The van der Waals surface area contributed by atoms with Gasteiger partial charge in [0, 0.05) is 12.0 Å². The van der Waals surface area contributed by atoms with E-state index < -0.39 is 13.7 Å².